The molecule has 30 heavy (non-hydrogen) atoms. The Hall–Kier alpha value is -3.40. The second-order valence-electron chi connectivity index (χ2n) is 6.35. The fraction of sp³-hybridized carbons (Fsp3) is 0.250. The molecule has 1 aromatic carbocycles. The van der Waals surface area contributed by atoms with Crippen LogP contribution in [-0.2, 0) is 23.6 Å². The van der Waals surface area contributed by atoms with E-state index >= 15 is 0 Å². The highest BCUT2D eigenvalue weighted by molar-refractivity contribution is 8.00. The van der Waals surface area contributed by atoms with Gasteiger partial charge in [-0.15, -0.1) is 11.8 Å². The third kappa shape index (κ3) is 4.28. The van der Waals surface area contributed by atoms with Crippen LogP contribution in [0.4, 0.5) is 5.69 Å². The first-order valence-corrected chi connectivity index (χ1v) is 10.1. The van der Waals surface area contributed by atoms with Crippen molar-refractivity contribution in [2.75, 3.05) is 17.7 Å². The van der Waals surface area contributed by atoms with Gasteiger partial charge in [-0.1, -0.05) is 0 Å². The first-order valence-electron chi connectivity index (χ1n) is 9.08. The monoisotopic (exact) mass is 428 g/mol. The van der Waals surface area contributed by atoms with Crippen molar-refractivity contribution in [1.82, 2.24) is 14.1 Å². The molecule has 0 saturated heterocycles. The van der Waals surface area contributed by atoms with Gasteiger partial charge in [0.05, 0.1) is 23.3 Å². The molecule has 156 valence electrons. The first-order chi connectivity index (χ1) is 14.3. The van der Waals surface area contributed by atoms with Crippen LogP contribution >= 0.6 is 11.8 Å². The summed E-state index contributed by atoms with van der Waals surface area (Å²) in [5.41, 5.74) is 0.272. The number of hydrogen-bond acceptors (Lipinski definition) is 7. The van der Waals surface area contributed by atoms with E-state index in [0.29, 0.717) is 21.5 Å². The van der Waals surface area contributed by atoms with E-state index in [0.717, 1.165) is 4.57 Å². The van der Waals surface area contributed by atoms with Crippen LogP contribution in [0.3, 0.4) is 0 Å². The molecule has 0 spiro atoms. The zero-order chi connectivity index (χ0) is 21.8. The van der Waals surface area contributed by atoms with Gasteiger partial charge in [0.15, 0.2) is 0 Å². The SMILES string of the molecule is CCOC(=O)c1ccc(NC(=O)CSc2ccnc3c2c(=O)n(C)c(=O)n3C)cc1. The Morgan fingerprint density at radius 1 is 1.10 bits per heavy atom. The number of rotatable bonds is 6. The number of anilines is 1. The Morgan fingerprint density at radius 3 is 2.47 bits per heavy atom. The highest BCUT2D eigenvalue weighted by Crippen LogP contribution is 2.23. The van der Waals surface area contributed by atoms with E-state index in [1.807, 2.05) is 0 Å². The Bertz CT molecular complexity index is 1230. The smallest absolute Gasteiger partial charge is 0.338 e. The number of nitrogens with zero attached hydrogens (tertiary/aromatic N) is 3. The number of fused-ring (bicyclic) bond motifs is 1. The summed E-state index contributed by atoms with van der Waals surface area (Å²) in [5.74, 6) is -0.660. The number of hydrogen-bond donors (Lipinski definition) is 1. The molecule has 9 nitrogen and oxygen atoms in total. The molecule has 10 heteroatoms. The van der Waals surface area contributed by atoms with Gasteiger partial charge in [0.25, 0.3) is 5.56 Å². The lowest BCUT2D eigenvalue weighted by Gasteiger charge is -2.10. The van der Waals surface area contributed by atoms with Crippen molar-refractivity contribution in [2.45, 2.75) is 11.8 Å². The molecule has 1 N–H and O–H groups in total. The van der Waals surface area contributed by atoms with E-state index in [9.17, 15) is 19.2 Å². The Morgan fingerprint density at radius 2 is 1.80 bits per heavy atom. The molecule has 2 heterocycles. The van der Waals surface area contributed by atoms with Gasteiger partial charge < -0.3 is 10.1 Å². The van der Waals surface area contributed by atoms with Crippen LogP contribution < -0.4 is 16.6 Å². The molecule has 0 aliphatic carbocycles. The number of aromatic nitrogens is 3. The van der Waals surface area contributed by atoms with Gasteiger partial charge in [-0.2, -0.15) is 0 Å². The van der Waals surface area contributed by atoms with Gasteiger partial charge in [0, 0.05) is 30.9 Å². The minimum absolute atomic E-state index is 0.0464. The summed E-state index contributed by atoms with van der Waals surface area (Å²) < 4.78 is 7.23. The number of pyridine rings is 1. The topological polar surface area (TPSA) is 112 Å². The second kappa shape index (κ2) is 8.95. The largest absolute Gasteiger partial charge is 0.462 e. The summed E-state index contributed by atoms with van der Waals surface area (Å²) >= 11 is 1.17. The van der Waals surface area contributed by atoms with E-state index in [2.05, 4.69) is 10.3 Å². The molecule has 0 aliphatic rings. The summed E-state index contributed by atoms with van der Waals surface area (Å²) in [6.07, 6.45) is 1.50. The normalized spacial score (nSPS) is 10.8. The molecule has 0 fully saturated rings. The van der Waals surface area contributed by atoms with Crippen molar-refractivity contribution in [3.63, 3.8) is 0 Å². The predicted molar refractivity (Wildman–Crippen MR) is 114 cm³/mol. The number of ether oxygens (including phenoxy) is 1. The minimum atomic E-state index is -0.467. The standard InChI is InChI=1S/C20H20N4O5S/c1-4-29-19(27)12-5-7-13(8-6-12)22-15(25)11-30-14-9-10-21-17-16(14)18(26)24(3)20(28)23(17)2/h5-10H,4,11H2,1-3H3,(H,22,25). The number of thioether (sulfide) groups is 1. The highest BCUT2D eigenvalue weighted by atomic mass is 32.2. The molecule has 3 rings (SSSR count). The maximum Gasteiger partial charge on any atom is 0.338 e. The summed E-state index contributed by atoms with van der Waals surface area (Å²) in [6, 6.07) is 8.01. The van der Waals surface area contributed by atoms with Crippen LogP contribution in [0.25, 0.3) is 11.0 Å². The Balaban J connectivity index is 1.74. The molecule has 0 radical (unpaired) electrons. The van der Waals surface area contributed by atoms with Crippen LogP contribution in [0, 0.1) is 0 Å². The number of amides is 1. The van der Waals surface area contributed by atoms with Crippen molar-refractivity contribution in [3.05, 3.63) is 62.9 Å². The molecular formula is C20H20N4O5S. The van der Waals surface area contributed by atoms with Gasteiger partial charge in [-0.3, -0.25) is 18.7 Å². The van der Waals surface area contributed by atoms with E-state index < -0.39 is 17.2 Å². The Kier molecular flexibility index (Phi) is 6.36. The Labute approximate surface area is 175 Å². The lowest BCUT2D eigenvalue weighted by molar-refractivity contribution is -0.113. The van der Waals surface area contributed by atoms with Crippen molar-refractivity contribution >= 4 is 40.4 Å². The van der Waals surface area contributed by atoms with Crippen LogP contribution in [0.15, 0.2) is 51.0 Å². The summed E-state index contributed by atoms with van der Waals surface area (Å²) in [5, 5.41) is 3.03. The highest BCUT2D eigenvalue weighted by Gasteiger charge is 2.15. The zero-order valence-electron chi connectivity index (χ0n) is 16.7. The zero-order valence-corrected chi connectivity index (χ0v) is 17.5. The van der Waals surface area contributed by atoms with Gasteiger partial charge in [-0.25, -0.2) is 14.6 Å². The molecule has 0 unspecified atom stereocenters. The fourth-order valence-electron chi connectivity index (χ4n) is 2.82. The number of benzene rings is 1. The molecule has 0 bridgehead atoms. The molecule has 0 saturated carbocycles. The second-order valence-corrected chi connectivity index (χ2v) is 7.37. The number of aryl methyl sites for hydroxylation is 1. The number of esters is 1. The molecule has 1 amide bonds. The van der Waals surface area contributed by atoms with Gasteiger partial charge >= 0.3 is 11.7 Å². The molecule has 0 aliphatic heterocycles. The van der Waals surface area contributed by atoms with Crippen molar-refractivity contribution in [1.29, 1.82) is 0 Å². The minimum Gasteiger partial charge on any atom is -0.462 e. The van der Waals surface area contributed by atoms with E-state index in [-0.39, 0.29) is 23.9 Å². The predicted octanol–water partition coefficient (Wildman–Crippen LogP) is 1.54. The fourth-order valence-corrected chi connectivity index (χ4v) is 3.66. The third-order valence-electron chi connectivity index (χ3n) is 4.34. The lowest BCUT2D eigenvalue weighted by atomic mass is 10.2. The third-order valence-corrected chi connectivity index (χ3v) is 5.40. The summed E-state index contributed by atoms with van der Waals surface area (Å²) in [6.45, 7) is 2.01. The number of carbonyl (C=O) groups is 2. The van der Waals surface area contributed by atoms with Crippen LogP contribution in [-0.4, -0.2) is 38.4 Å². The van der Waals surface area contributed by atoms with Crippen molar-refractivity contribution in [3.8, 4) is 0 Å². The average Bonchev–Trinajstić information content (AvgIpc) is 2.75. The lowest BCUT2D eigenvalue weighted by Crippen LogP contribution is -2.37. The van der Waals surface area contributed by atoms with Crippen molar-refractivity contribution in [2.24, 2.45) is 14.1 Å². The van der Waals surface area contributed by atoms with Crippen molar-refractivity contribution < 1.29 is 14.3 Å². The molecule has 3 aromatic rings. The van der Waals surface area contributed by atoms with E-state index in [4.69, 9.17) is 4.74 Å². The quantitative estimate of drug-likeness (QED) is 0.468. The summed E-state index contributed by atoms with van der Waals surface area (Å²) in [4.78, 5) is 53.3. The van der Waals surface area contributed by atoms with Gasteiger partial charge in [0.2, 0.25) is 5.91 Å². The number of carbonyl (C=O) groups excluding carboxylic acids is 2. The van der Waals surface area contributed by atoms with Gasteiger partial charge in [-0.05, 0) is 37.3 Å². The number of nitrogens with one attached hydrogen (secondary N) is 1. The van der Waals surface area contributed by atoms with E-state index in [1.165, 1.54) is 36.6 Å². The maximum absolute atomic E-state index is 12.5. The molecule has 0 atom stereocenters. The van der Waals surface area contributed by atoms with Crippen LogP contribution in [0.2, 0.25) is 0 Å². The van der Waals surface area contributed by atoms with Gasteiger partial charge in [0.1, 0.15) is 5.65 Å². The molecular weight excluding hydrogens is 408 g/mol. The van der Waals surface area contributed by atoms with E-state index in [1.54, 1.807) is 37.3 Å². The first kappa shape index (κ1) is 21.3. The van der Waals surface area contributed by atoms with Crippen LogP contribution in [0.5, 0.6) is 0 Å². The summed E-state index contributed by atoms with van der Waals surface area (Å²) in [7, 11) is 2.94. The average molecular weight is 428 g/mol. The maximum atomic E-state index is 12.5. The van der Waals surface area contributed by atoms with Crippen LogP contribution in [0.1, 0.15) is 17.3 Å². The molecule has 2 aromatic heterocycles.